The molecule has 0 bridgehead atoms. The minimum atomic E-state index is 1.08. The van der Waals surface area contributed by atoms with Gasteiger partial charge in [-0.1, -0.05) is 48.5 Å². The number of hydrogen-bond donors (Lipinski definition) is 0. The maximum Gasteiger partial charge on any atom is 0.0847 e. The first kappa shape index (κ1) is 8.62. The summed E-state index contributed by atoms with van der Waals surface area (Å²) >= 11 is 1.57. The number of nitrogens with zero attached hydrogens (tertiary/aromatic N) is 1. The fourth-order valence-corrected chi connectivity index (χ4v) is 2.55. The van der Waals surface area contributed by atoms with E-state index < -0.39 is 0 Å². The third-order valence-corrected chi connectivity index (χ3v) is 3.35. The molecule has 0 radical (unpaired) electrons. The van der Waals surface area contributed by atoms with Crippen molar-refractivity contribution >= 4 is 22.4 Å². The molecule has 0 saturated carbocycles. The Balaban J connectivity index is 2.28. The van der Waals surface area contributed by atoms with Crippen LogP contribution in [-0.2, 0) is 0 Å². The number of hydrogen-bond acceptors (Lipinski definition) is 2. The van der Waals surface area contributed by atoms with Gasteiger partial charge in [-0.15, -0.1) is 0 Å². The second-order valence-corrected chi connectivity index (χ2v) is 4.17. The van der Waals surface area contributed by atoms with Gasteiger partial charge < -0.3 is 0 Å². The van der Waals surface area contributed by atoms with Crippen molar-refractivity contribution in [3.8, 4) is 10.4 Å². The van der Waals surface area contributed by atoms with Gasteiger partial charge >= 0.3 is 0 Å². The van der Waals surface area contributed by atoms with E-state index in [1.165, 1.54) is 15.8 Å². The van der Waals surface area contributed by atoms with E-state index in [4.69, 9.17) is 0 Å². The predicted molar refractivity (Wildman–Crippen MR) is 65.1 cm³/mol. The van der Waals surface area contributed by atoms with E-state index >= 15 is 0 Å². The van der Waals surface area contributed by atoms with Gasteiger partial charge in [-0.05, 0) is 23.2 Å². The third kappa shape index (κ3) is 1.43. The summed E-state index contributed by atoms with van der Waals surface area (Å²) in [6.45, 7) is 0. The Morgan fingerprint density at radius 3 is 2.40 bits per heavy atom. The zero-order valence-corrected chi connectivity index (χ0v) is 8.87. The Bertz CT molecular complexity index is 584. The molecule has 0 fully saturated rings. The number of rotatable bonds is 1. The van der Waals surface area contributed by atoms with Crippen LogP contribution >= 0.6 is 11.5 Å². The van der Waals surface area contributed by atoms with E-state index in [1.54, 1.807) is 11.5 Å². The van der Waals surface area contributed by atoms with Crippen molar-refractivity contribution in [2.75, 3.05) is 0 Å². The average Bonchev–Trinajstić information content (AvgIpc) is 2.74. The van der Waals surface area contributed by atoms with Gasteiger partial charge in [0, 0.05) is 5.39 Å². The summed E-state index contributed by atoms with van der Waals surface area (Å²) in [5.41, 5.74) is 2.33. The maximum atomic E-state index is 4.44. The lowest BCUT2D eigenvalue weighted by atomic mass is 10.1. The van der Waals surface area contributed by atoms with Gasteiger partial charge in [0.25, 0.3) is 0 Å². The van der Waals surface area contributed by atoms with Crippen LogP contribution in [0.3, 0.4) is 0 Å². The van der Waals surface area contributed by atoms with Gasteiger partial charge in [-0.3, -0.25) is 0 Å². The lowest BCUT2D eigenvalue weighted by Crippen LogP contribution is -1.71. The normalized spacial score (nSPS) is 10.7. The lowest BCUT2D eigenvalue weighted by molar-refractivity contribution is 1.66. The van der Waals surface area contributed by atoms with Crippen LogP contribution in [0.5, 0.6) is 0 Å². The highest BCUT2D eigenvalue weighted by Crippen LogP contribution is 2.31. The van der Waals surface area contributed by atoms with Crippen LogP contribution in [-0.4, -0.2) is 4.37 Å². The monoisotopic (exact) mass is 211 g/mol. The van der Waals surface area contributed by atoms with E-state index in [0.29, 0.717) is 0 Å². The summed E-state index contributed by atoms with van der Waals surface area (Å²) in [6.07, 6.45) is 0. The molecule has 0 unspecified atom stereocenters. The number of benzene rings is 2. The molecule has 1 heterocycles. The number of fused-ring (bicyclic) bond motifs is 1. The van der Waals surface area contributed by atoms with E-state index in [0.717, 1.165) is 5.52 Å². The Morgan fingerprint density at radius 2 is 1.53 bits per heavy atom. The first-order valence-electron chi connectivity index (χ1n) is 4.85. The summed E-state index contributed by atoms with van der Waals surface area (Å²) in [6, 6.07) is 18.7. The molecule has 72 valence electrons. The maximum absolute atomic E-state index is 4.44. The molecule has 2 heteroatoms. The largest absolute Gasteiger partial charge is 0.192 e. The van der Waals surface area contributed by atoms with Crippen LogP contribution in [0.2, 0.25) is 0 Å². The van der Waals surface area contributed by atoms with E-state index in [2.05, 4.69) is 46.8 Å². The van der Waals surface area contributed by atoms with Gasteiger partial charge in [-0.2, -0.15) is 4.37 Å². The van der Waals surface area contributed by atoms with Crippen LogP contribution in [0.4, 0.5) is 0 Å². The number of aromatic nitrogens is 1. The molecule has 3 rings (SSSR count). The molecule has 15 heavy (non-hydrogen) atoms. The minimum absolute atomic E-state index is 1.08. The third-order valence-electron chi connectivity index (χ3n) is 2.42. The SMILES string of the molecule is c1ccc(-c2snc3ccccc23)cc1. The highest BCUT2D eigenvalue weighted by Gasteiger charge is 2.06. The first-order chi connectivity index (χ1) is 7.45. The average molecular weight is 211 g/mol. The van der Waals surface area contributed by atoms with Crippen molar-refractivity contribution in [2.45, 2.75) is 0 Å². The smallest absolute Gasteiger partial charge is 0.0847 e. The minimum Gasteiger partial charge on any atom is -0.192 e. The second-order valence-electron chi connectivity index (χ2n) is 3.39. The van der Waals surface area contributed by atoms with Gasteiger partial charge in [0.05, 0.1) is 10.4 Å². The Labute approximate surface area is 92.2 Å². The standard InChI is InChI=1S/C13H9NS/c1-2-6-10(7-3-1)13-11-8-4-5-9-12(11)14-15-13/h1-9H. The van der Waals surface area contributed by atoms with Crippen molar-refractivity contribution in [3.05, 3.63) is 54.6 Å². The topological polar surface area (TPSA) is 12.9 Å². The molecule has 0 aliphatic heterocycles. The van der Waals surface area contributed by atoms with Crippen molar-refractivity contribution in [1.29, 1.82) is 0 Å². The molecule has 0 amide bonds. The summed E-state index contributed by atoms with van der Waals surface area (Å²) < 4.78 is 4.44. The molecule has 1 nitrogen and oxygen atoms in total. The van der Waals surface area contributed by atoms with Crippen LogP contribution in [0, 0.1) is 0 Å². The molecule has 0 aliphatic carbocycles. The fourth-order valence-electron chi connectivity index (χ4n) is 1.69. The molecule has 0 atom stereocenters. The van der Waals surface area contributed by atoms with Crippen molar-refractivity contribution < 1.29 is 0 Å². The van der Waals surface area contributed by atoms with Crippen LogP contribution in [0.1, 0.15) is 0 Å². The first-order valence-corrected chi connectivity index (χ1v) is 5.62. The van der Waals surface area contributed by atoms with E-state index in [1.807, 2.05) is 12.1 Å². The summed E-state index contributed by atoms with van der Waals surface area (Å²) in [5, 5.41) is 1.24. The molecule has 0 N–H and O–H groups in total. The van der Waals surface area contributed by atoms with Crippen LogP contribution in [0.15, 0.2) is 54.6 Å². The van der Waals surface area contributed by atoms with Crippen molar-refractivity contribution in [3.63, 3.8) is 0 Å². The van der Waals surface area contributed by atoms with Gasteiger partial charge in [-0.25, -0.2) is 0 Å². The summed E-state index contributed by atoms with van der Waals surface area (Å²) in [7, 11) is 0. The molecule has 1 aromatic heterocycles. The molecular weight excluding hydrogens is 202 g/mol. The van der Waals surface area contributed by atoms with Crippen LogP contribution in [0.25, 0.3) is 21.3 Å². The van der Waals surface area contributed by atoms with E-state index in [-0.39, 0.29) is 0 Å². The second kappa shape index (κ2) is 3.48. The Hall–Kier alpha value is -1.67. The molecule has 0 spiro atoms. The highest BCUT2D eigenvalue weighted by molar-refractivity contribution is 7.11. The molecule has 3 aromatic rings. The molecular formula is C13H9NS. The van der Waals surface area contributed by atoms with Crippen molar-refractivity contribution in [2.24, 2.45) is 0 Å². The quantitative estimate of drug-likeness (QED) is 0.593. The van der Waals surface area contributed by atoms with Crippen LogP contribution < -0.4 is 0 Å². The molecule has 2 aromatic carbocycles. The van der Waals surface area contributed by atoms with Gasteiger partial charge in [0.15, 0.2) is 0 Å². The van der Waals surface area contributed by atoms with E-state index in [9.17, 15) is 0 Å². The zero-order valence-electron chi connectivity index (χ0n) is 8.05. The Kier molecular flexibility index (Phi) is 2.00. The van der Waals surface area contributed by atoms with Crippen molar-refractivity contribution in [1.82, 2.24) is 4.37 Å². The lowest BCUT2D eigenvalue weighted by Gasteiger charge is -1.96. The fraction of sp³-hybridized carbons (Fsp3) is 0. The van der Waals surface area contributed by atoms with Gasteiger partial charge in [0.2, 0.25) is 0 Å². The summed E-state index contributed by atoms with van der Waals surface area (Å²) in [4.78, 5) is 1.26. The summed E-state index contributed by atoms with van der Waals surface area (Å²) in [5.74, 6) is 0. The molecule has 0 aliphatic rings. The Morgan fingerprint density at radius 1 is 0.800 bits per heavy atom. The zero-order chi connectivity index (χ0) is 10.1. The highest BCUT2D eigenvalue weighted by atomic mass is 32.1. The molecule has 0 saturated heterocycles. The van der Waals surface area contributed by atoms with Gasteiger partial charge in [0.1, 0.15) is 0 Å². The predicted octanol–water partition coefficient (Wildman–Crippen LogP) is 3.96.